The van der Waals surface area contributed by atoms with Gasteiger partial charge in [-0.1, -0.05) is 78.9 Å². The molecule has 12 heteroatoms. The molecule has 0 saturated carbocycles. The van der Waals surface area contributed by atoms with Gasteiger partial charge in [0.1, 0.15) is 23.8 Å². The lowest BCUT2D eigenvalue weighted by molar-refractivity contribution is 0.0642. The van der Waals surface area contributed by atoms with Gasteiger partial charge in [-0.2, -0.15) is 0 Å². The van der Waals surface area contributed by atoms with Crippen molar-refractivity contribution in [1.29, 1.82) is 0 Å². The highest BCUT2D eigenvalue weighted by Crippen LogP contribution is 2.45. The average molecular weight is 723 g/mol. The van der Waals surface area contributed by atoms with E-state index in [0.717, 1.165) is 16.7 Å². The number of benzene rings is 4. The van der Waals surface area contributed by atoms with Crippen molar-refractivity contribution in [2.75, 3.05) is 52.3 Å². The van der Waals surface area contributed by atoms with Gasteiger partial charge in [0.05, 0.1) is 11.1 Å². The minimum Gasteiger partial charge on any atom is -0.478 e. The van der Waals surface area contributed by atoms with Crippen molar-refractivity contribution in [2.45, 2.75) is 19.2 Å². The van der Waals surface area contributed by atoms with Gasteiger partial charge in [0.2, 0.25) is 7.37 Å². The van der Waals surface area contributed by atoms with Crippen molar-refractivity contribution in [2.24, 2.45) is 0 Å². The first-order valence-corrected chi connectivity index (χ1v) is 19.3. The highest BCUT2D eigenvalue weighted by Gasteiger charge is 2.39. The number of aromatic nitrogens is 1. The number of carbonyl (C=O) groups excluding carboxylic acids is 2. The predicted octanol–water partition coefficient (Wildman–Crippen LogP) is 6.33. The van der Waals surface area contributed by atoms with Crippen LogP contribution in [0.2, 0.25) is 0 Å². The smallest absolute Gasteiger partial charge is 0.258 e. The molecular formula is C40H40FN4O6P. The number of aliphatic hydroxyl groups is 1. The van der Waals surface area contributed by atoms with Crippen molar-refractivity contribution >= 4 is 30.1 Å². The van der Waals surface area contributed by atoms with Crippen molar-refractivity contribution < 1.29 is 32.9 Å². The maximum atomic E-state index is 14.6. The average Bonchev–Trinajstić information content (AvgIpc) is 3.51. The van der Waals surface area contributed by atoms with E-state index in [1.165, 1.54) is 19.2 Å². The first kappa shape index (κ1) is 35.5. The van der Waals surface area contributed by atoms with Crippen LogP contribution in [0.4, 0.5) is 4.39 Å². The molecule has 0 radical (unpaired) electrons. The number of halogens is 1. The minimum absolute atomic E-state index is 0.155. The second-order valence-corrected chi connectivity index (χ2v) is 15.8. The van der Waals surface area contributed by atoms with E-state index in [2.05, 4.69) is 4.90 Å². The molecule has 0 bridgehead atoms. The number of rotatable bonds is 12. The highest BCUT2D eigenvalue weighted by atomic mass is 31.2. The molecule has 0 aliphatic carbocycles. The zero-order valence-corrected chi connectivity index (χ0v) is 29.8. The van der Waals surface area contributed by atoms with Gasteiger partial charge < -0.3 is 24.2 Å². The van der Waals surface area contributed by atoms with E-state index >= 15 is 0 Å². The number of pyridine rings is 1. The van der Waals surface area contributed by atoms with Gasteiger partial charge in [-0.15, -0.1) is 0 Å². The van der Waals surface area contributed by atoms with Crippen LogP contribution in [0.25, 0.3) is 10.9 Å². The number of nitrogens with zero attached hydrogens (tertiary/aromatic N) is 4. The summed E-state index contributed by atoms with van der Waals surface area (Å²) in [6.45, 7) is 2.77. The molecule has 1 fully saturated rings. The Kier molecular flexibility index (Phi) is 10.5. The molecule has 1 N–H and O–H groups in total. The summed E-state index contributed by atoms with van der Waals surface area (Å²) in [6.07, 6.45) is 0.764. The fourth-order valence-electron chi connectivity index (χ4n) is 6.98. The molecule has 5 aromatic rings. The Bertz CT molecular complexity index is 2060. The number of fused-ring (bicyclic) bond motifs is 2. The number of amides is 2. The van der Waals surface area contributed by atoms with Crippen LogP contribution in [-0.2, 0) is 22.2 Å². The van der Waals surface area contributed by atoms with Crippen LogP contribution >= 0.6 is 7.37 Å². The predicted molar refractivity (Wildman–Crippen MR) is 196 cm³/mol. The second kappa shape index (κ2) is 15.4. The Hall–Kier alpha value is -4.93. The normalized spacial score (nSPS) is 16.0. The molecule has 7 rings (SSSR count). The Morgan fingerprint density at radius 2 is 1.58 bits per heavy atom. The topological polar surface area (TPSA) is 113 Å². The number of hydrogen-bond donors (Lipinski definition) is 1. The standard InChI is InChI=1S/C40H40FN4O6P/c1-50-52(49,27-46)24-23-43-19-21-44(22-20-43)39(47)34-32-13-8-18-42-36(32)38(51-37(29-9-4-2-5-10-29)30-11-6-3-7-12-30)35-33(34)26-45(40(35)48)25-28-14-16-31(41)17-15-28/h2-18,37,46H,19-27H2,1H3. The Balaban J connectivity index is 1.29. The molecule has 52 heavy (non-hydrogen) atoms. The number of ether oxygens (including phenoxy) is 1. The molecule has 2 amide bonds. The SMILES string of the molecule is COP(=O)(CO)CCN1CCN(C(=O)c2c3c(c(OC(c4ccccc4)c4ccccc4)c4ncccc24)C(=O)N(Cc2ccc(F)cc2)C3)CC1. The van der Waals surface area contributed by atoms with Crippen LogP contribution < -0.4 is 4.74 Å². The van der Waals surface area contributed by atoms with Crippen molar-refractivity contribution in [3.63, 3.8) is 0 Å². The molecule has 1 aromatic heterocycles. The van der Waals surface area contributed by atoms with Crippen LogP contribution in [0, 0.1) is 5.82 Å². The summed E-state index contributed by atoms with van der Waals surface area (Å²) in [6, 6.07) is 29.2. The maximum absolute atomic E-state index is 14.6. The van der Waals surface area contributed by atoms with Gasteiger partial charge >= 0.3 is 0 Å². The van der Waals surface area contributed by atoms with Crippen LogP contribution in [0.15, 0.2) is 103 Å². The molecule has 0 spiro atoms. The summed E-state index contributed by atoms with van der Waals surface area (Å²) < 4.78 is 38.4. The third-order valence-electron chi connectivity index (χ3n) is 9.88. The van der Waals surface area contributed by atoms with E-state index in [4.69, 9.17) is 14.2 Å². The monoisotopic (exact) mass is 722 g/mol. The number of carbonyl (C=O) groups is 2. The molecule has 10 nitrogen and oxygen atoms in total. The molecule has 268 valence electrons. The Labute approximate surface area is 301 Å². The molecule has 3 heterocycles. The van der Waals surface area contributed by atoms with Crippen LogP contribution in [-0.4, -0.2) is 88.9 Å². The minimum atomic E-state index is -3.10. The fourth-order valence-corrected chi connectivity index (χ4v) is 8.01. The zero-order valence-electron chi connectivity index (χ0n) is 28.9. The van der Waals surface area contributed by atoms with E-state index in [0.29, 0.717) is 66.1 Å². The van der Waals surface area contributed by atoms with Crippen molar-refractivity contribution in [1.82, 2.24) is 19.7 Å². The van der Waals surface area contributed by atoms with Crippen molar-refractivity contribution in [3.8, 4) is 5.75 Å². The van der Waals surface area contributed by atoms with E-state index in [1.807, 2.05) is 66.7 Å². The molecular weight excluding hydrogens is 682 g/mol. The quantitative estimate of drug-likeness (QED) is 0.149. The molecule has 2 aliphatic heterocycles. The summed E-state index contributed by atoms with van der Waals surface area (Å²) in [5, 5.41) is 10.1. The maximum Gasteiger partial charge on any atom is 0.258 e. The third kappa shape index (κ3) is 7.22. The van der Waals surface area contributed by atoms with E-state index in [1.54, 1.807) is 34.2 Å². The van der Waals surface area contributed by atoms with Crippen LogP contribution in [0.1, 0.15) is 49.1 Å². The Morgan fingerprint density at radius 3 is 2.19 bits per heavy atom. The lowest BCUT2D eigenvalue weighted by atomic mass is 9.94. The lowest BCUT2D eigenvalue weighted by Gasteiger charge is -2.35. The highest BCUT2D eigenvalue weighted by molar-refractivity contribution is 7.58. The molecule has 2 aliphatic rings. The van der Waals surface area contributed by atoms with Gasteiger partial charge in [-0.3, -0.25) is 24.0 Å². The largest absolute Gasteiger partial charge is 0.478 e. The summed E-state index contributed by atoms with van der Waals surface area (Å²) >= 11 is 0. The van der Waals surface area contributed by atoms with Gasteiger partial charge in [0, 0.05) is 76.2 Å². The summed E-state index contributed by atoms with van der Waals surface area (Å²) in [5.74, 6) is -0.568. The first-order valence-electron chi connectivity index (χ1n) is 17.3. The van der Waals surface area contributed by atoms with Crippen LogP contribution in [0.3, 0.4) is 0 Å². The number of piperazine rings is 1. The second-order valence-electron chi connectivity index (χ2n) is 13.1. The van der Waals surface area contributed by atoms with E-state index in [-0.39, 0.29) is 36.9 Å². The van der Waals surface area contributed by atoms with Gasteiger partial charge in [-0.25, -0.2) is 4.39 Å². The summed E-state index contributed by atoms with van der Waals surface area (Å²) in [5.41, 5.74) is 4.22. The number of hydrogen-bond acceptors (Lipinski definition) is 8. The molecule has 1 atom stereocenters. The van der Waals surface area contributed by atoms with E-state index < -0.39 is 19.8 Å². The first-order chi connectivity index (χ1) is 25.3. The van der Waals surface area contributed by atoms with E-state index in [9.17, 15) is 23.7 Å². The molecule has 1 unspecified atom stereocenters. The lowest BCUT2D eigenvalue weighted by Crippen LogP contribution is -2.49. The number of aliphatic hydroxyl groups excluding tert-OH is 1. The zero-order chi connectivity index (χ0) is 36.2. The van der Waals surface area contributed by atoms with Gasteiger partial charge in [0.25, 0.3) is 11.8 Å². The third-order valence-corrected chi connectivity index (χ3v) is 11.9. The molecule has 4 aromatic carbocycles. The van der Waals surface area contributed by atoms with Gasteiger partial charge in [-0.05, 0) is 34.9 Å². The fraction of sp³-hybridized carbons (Fsp3) is 0.275. The summed E-state index contributed by atoms with van der Waals surface area (Å²) in [4.78, 5) is 39.5. The van der Waals surface area contributed by atoms with Gasteiger partial charge in [0.15, 0.2) is 5.75 Å². The van der Waals surface area contributed by atoms with Crippen LogP contribution in [0.5, 0.6) is 5.75 Å². The van der Waals surface area contributed by atoms with Crippen molar-refractivity contribution in [3.05, 3.63) is 142 Å². The molecule has 1 saturated heterocycles. The Morgan fingerprint density at radius 1 is 0.923 bits per heavy atom. The summed E-state index contributed by atoms with van der Waals surface area (Å²) in [7, 11) is -1.76.